The summed E-state index contributed by atoms with van der Waals surface area (Å²) >= 11 is 0. The average molecular weight is 904 g/mol. The molecule has 1 aromatic heterocycles. The number of aromatic amines is 1. The van der Waals surface area contributed by atoms with Gasteiger partial charge in [-0.3, -0.25) is 19.3 Å². The Labute approximate surface area is 362 Å². The molecule has 22 heteroatoms. The molecule has 16 nitrogen and oxygen atoms in total. The summed E-state index contributed by atoms with van der Waals surface area (Å²) in [7, 11) is 0. The summed E-state index contributed by atoms with van der Waals surface area (Å²) < 4.78 is 70.0. The number of amides is 4. The van der Waals surface area contributed by atoms with Crippen LogP contribution in [-0.4, -0.2) is 116 Å². The van der Waals surface area contributed by atoms with Crippen LogP contribution < -0.4 is 21.3 Å². The molecule has 2 aliphatic rings. The molecular weight excluding hydrogens is 857 g/mol. The van der Waals surface area contributed by atoms with E-state index in [2.05, 4.69) is 41.9 Å². The molecule has 64 heavy (non-hydrogen) atoms. The molecule has 3 aromatic carbocycles. The van der Waals surface area contributed by atoms with E-state index < -0.39 is 42.9 Å². The summed E-state index contributed by atoms with van der Waals surface area (Å²) in [6, 6.07) is 18.8. The first-order valence-corrected chi connectivity index (χ1v) is 20.3. The maximum Gasteiger partial charge on any atom is 0.490 e. The molecule has 7 N–H and O–H groups in total. The maximum atomic E-state index is 13.8. The monoisotopic (exact) mass is 903 g/mol. The van der Waals surface area contributed by atoms with Crippen molar-refractivity contribution in [2.45, 2.75) is 76.3 Å². The number of likely N-dealkylation sites (tertiary alicyclic amines) is 1. The molecule has 0 unspecified atom stereocenters. The average Bonchev–Trinajstić information content (AvgIpc) is 3.79. The Morgan fingerprint density at radius 1 is 0.844 bits per heavy atom. The minimum Gasteiger partial charge on any atom is -0.475 e. The summed E-state index contributed by atoms with van der Waals surface area (Å²) in [6.45, 7) is 1.83. The second-order valence-electron chi connectivity index (χ2n) is 15.6. The lowest BCUT2D eigenvalue weighted by Crippen LogP contribution is -2.48. The first-order chi connectivity index (χ1) is 30.2. The van der Waals surface area contributed by atoms with Crippen LogP contribution in [0.25, 0.3) is 22.5 Å². The van der Waals surface area contributed by atoms with Crippen LogP contribution in [0.4, 0.5) is 36.8 Å². The Hall–Kier alpha value is -6.58. The van der Waals surface area contributed by atoms with Crippen molar-refractivity contribution in [3.8, 4) is 22.5 Å². The van der Waals surface area contributed by atoms with E-state index in [-0.39, 0.29) is 49.2 Å². The largest absolute Gasteiger partial charge is 0.490 e. The molecule has 6 rings (SSSR count). The molecule has 344 valence electrons. The number of halogens is 6. The van der Waals surface area contributed by atoms with Crippen LogP contribution in [0.5, 0.6) is 0 Å². The van der Waals surface area contributed by atoms with Gasteiger partial charge in [-0.05, 0) is 115 Å². The predicted molar refractivity (Wildman–Crippen MR) is 219 cm³/mol. The number of carbonyl (C=O) groups is 5. The van der Waals surface area contributed by atoms with E-state index in [0.29, 0.717) is 67.7 Å². The summed E-state index contributed by atoms with van der Waals surface area (Å²) in [6.07, 6.45) is -6.73. The highest BCUT2D eigenvalue weighted by atomic mass is 19.4. The van der Waals surface area contributed by atoms with E-state index in [0.717, 1.165) is 22.3 Å². The van der Waals surface area contributed by atoms with Crippen LogP contribution in [0.3, 0.4) is 0 Å². The van der Waals surface area contributed by atoms with Gasteiger partial charge in [-0.1, -0.05) is 30.3 Å². The summed E-state index contributed by atoms with van der Waals surface area (Å²) in [5.74, 6) is -3.39. The lowest BCUT2D eigenvalue weighted by atomic mass is 9.81. The Morgan fingerprint density at radius 3 is 2.02 bits per heavy atom. The van der Waals surface area contributed by atoms with Crippen molar-refractivity contribution < 1.29 is 60.5 Å². The summed E-state index contributed by atoms with van der Waals surface area (Å²) in [5.41, 5.74) is 5.15. The van der Waals surface area contributed by atoms with Crippen LogP contribution in [0.1, 0.15) is 60.0 Å². The van der Waals surface area contributed by atoms with Gasteiger partial charge in [0.25, 0.3) is 5.91 Å². The Bertz CT molecular complexity index is 2210. The van der Waals surface area contributed by atoms with Gasteiger partial charge in [-0.15, -0.1) is 10.2 Å². The van der Waals surface area contributed by atoms with Crippen LogP contribution in [0.15, 0.2) is 66.7 Å². The zero-order valence-electron chi connectivity index (χ0n) is 34.4. The van der Waals surface area contributed by atoms with Crippen LogP contribution >= 0.6 is 0 Å². The Kier molecular flexibility index (Phi) is 16.4. The van der Waals surface area contributed by atoms with E-state index in [9.17, 15) is 45.5 Å². The van der Waals surface area contributed by atoms with Crippen LogP contribution in [0.2, 0.25) is 0 Å². The Morgan fingerprint density at radius 2 is 1.47 bits per heavy atom. The highest BCUT2D eigenvalue weighted by Gasteiger charge is 2.38. The van der Waals surface area contributed by atoms with Crippen molar-refractivity contribution in [2.24, 2.45) is 11.8 Å². The predicted octanol–water partition coefficient (Wildman–Crippen LogP) is 5.97. The van der Waals surface area contributed by atoms with Gasteiger partial charge in [0.15, 0.2) is 0 Å². The molecule has 0 radical (unpaired) electrons. The molecule has 4 aromatic rings. The fraction of sp³-hybridized carbons (Fsp3) is 0.429. The number of carbonyl (C=O) groups excluding carboxylic acids is 3. The number of nitrogens with one attached hydrogen (secondary N) is 5. The first-order valence-electron chi connectivity index (χ1n) is 20.3. The number of piperidine rings is 1. The van der Waals surface area contributed by atoms with Gasteiger partial charge in [-0.25, -0.2) is 9.59 Å². The number of H-pyrrole nitrogens is 1. The number of rotatable bonds is 13. The van der Waals surface area contributed by atoms with Crippen molar-refractivity contribution in [1.29, 1.82) is 0 Å². The second kappa shape index (κ2) is 21.7. The SMILES string of the molecule is Cc1cc(C(=O)NC2CCN(CC(F)(F)F)CC2)ccc1-c1ccc(C[C@H](NC(=O)C2CCC(CNC(=O)O)CC2)C(=O)Nc2ccc(-c3nn[nH]n3)cc2)cc1.O=C(O)C(F)(F)F. The molecule has 1 aliphatic carbocycles. The molecule has 0 spiro atoms. The van der Waals surface area contributed by atoms with Crippen molar-refractivity contribution in [3.63, 3.8) is 0 Å². The molecule has 1 atom stereocenters. The molecule has 1 aliphatic heterocycles. The fourth-order valence-electron chi connectivity index (χ4n) is 7.52. The minimum absolute atomic E-state index is 0.154. The highest BCUT2D eigenvalue weighted by molar-refractivity contribution is 5.98. The van der Waals surface area contributed by atoms with Crippen molar-refractivity contribution >= 4 is 35.5 Å². The van der Waals surface area contributed by atoms with Gasteiger partial charge in [0, 0.05) is 54.8 Å². The summed E-state index contributed by atoms with van der Waals surface area (Å²) in [5, 5.41) is 41.3. The lowest BCUT2D eigenvalue weighted by Gasteiger charge is -2.32. The molecule has 2 fully saturated rings. The number of carboxylic acid groups (broad SMARTS) is 2. The van der Waals surface area contributed by atoms with E-state index in [1.165, 1.54) is 4.90 Å². The molecule has 2 heterocycles. The number of alkyl halides is 6. The van der Waals surface area contributed by atoms with Crippen LogP contribution in [-0.2, 0) is 20.8 Å². The van der Waals surface area contributed by atoms with Crippen molar-refractivity contribution in [1.82, 2.24) is 41.5 Å². The third kappa shape index (κ3) is 14.8. The molecule has 1 saturated carbocycles. The second-order valence-corrected chi connectivity index (χ2v) is 15.6. The number of tetrazole rings is 1. The molecule has 4 amide bonds. The number of anilines is 1. The first kappa shape index (κ1) is 48.5. The topological polar surface area (TPSA) is 232 Å². The van der Waals surface area contributed by atoms with E-state index in [1.807, 2.05) is 37.3 Å². The lowest BCUT2D eigenvalue weighted by molar-refractivity contribution is -0.192. The Balaban J connectivity index is 0.00000102. The molecule has 1 saturated heterocycles. The van der Waals surface area contributed by atoms with Gasteiger partial charge >= 0.3 is 24.4 Å². The van der Waals surface area contributed by atoms with E-state index >= 15 is 0 Å². The third-order valence-corrected chi connectivity index (χ3v) is 10.9. The van der Waals surface area contributed by atoms with E-state index in [1.54, 1.807) is 36.4 Å². The standard InChI is InChI=1S/C40H46F3N9O5.C2HF3O2/c1-24-20-30(37(54)45-32-16-18-52(19-17-32)23-40(41,42)43)12-15-33(24)27-6-2-25(3-7-27)21-34(47-36(53)29-8-4-26(5-9-29)22-44-39(56)57)38(55)46-31-13-10-28(11-14-31)35-48-50-51-49-35;3-2(4,5)1(6)7/h2-3,6-7,10-15,20,26,29,32,34,44H,4-5,8-9,16-19,21-23H2,1H3,(H,45,54)(H,46,55)(H,47,53)(H,56,57)(H,48,49,50,51);(H,6,7)/t26?,29?,34-;/m0./s1. The number of benzene rings is 3. The number of hydrogen-bond acceptors (Lipinski definition) is 9. The number of aryl methyl sites for hydroxylation is 1. The zero-order valence-corrected chi connectivity index (χ0v) is 34.4. The number of hydrogen-bond donors (Lipinski definition) is 7. The number of carboxylic acids is 1. The van der Waals surface area contributed by atoms with Gasteiger partial charge in [0.1, 0.15) is 6.04 Å². The maximum absolute atomic E-state index is 13.8. The minimum atomic E-state index is -5.08. The quantitative estimate of drug-likeness (QED) is 0.0773. The normalized spacial score (nSPS) is 17.5. The zero-order chi connectivity index (χ0) is 46.6. The van der Waals surface area contributed by atoms with Gasteiger partial charge in [-0.2, -0.15) is 31.6 Å². The third-order valence-electron chi connectivity index (χ3n) is 10.9. The summed E-state index contributed by atoms with van der Waals surface area (Å²) in [4.78, 5) is 61.5. The number of aliphatic carboxylic acids is 1. The van der Waals surface area contributed by atoms with Crippen LogP contribution in [0, 0.1) is 18.8 Å². The van der Waals surface area contributed by atoms with Crippen molar-refractivity contribution in [2.75, 3.05) is 31.5 Å². The van der Waals surface area contributed by atoms with Gasteiger partial charge in [0.05, 0.1) is 6.54 Å². The highest BCUT2D eigenvalue weighted by Crippen LogP contribution is 2.30. The van der Waals surface area contributed by atoms with Gasteiger partial charge < -0.3 is 31.5 Å². The van der Waals surface area contributed by atoms with Crippen molar-refractivity contribution in [3.05, 3.63) is 83.4 Å². The fourth-order valence-corrected chi connectivity index (χ4v) is 7.52. The number of nitrogens with zero attached hydrogens (tertiary/aromatic N) is 4. The molecule has 0 bridgehead atoms. The number of aromatic nitrogens is 4. The van der Waals surface area contributed by atoms with Gasteiger partial charge in [0.2, 0.25) is 17.6 Å². The van der Waals surface area contributed by atoms with E-state index in [4.69, 9.17) is 15.0 Å². The molecular formula is C42H47F6N9O7. The smallest absolute Gasteiger partial charge is 0.475 e.